The summed E-state index contributed by atoms with van der Waals surface area (Å²) >= 11 is 3.16. The molecular formula is C9H10BrN5O. The lowest BCUT2D eigenvalue weighted by Crippen LogP contribution is -2.15. The summed E-state index contributed by atoms with van der Waals surface area (Å²) in [5.41, 5.74) is 5.59. The third kappa shape index (κ3) is 1.99. The Hall–Kier alpha value is -1.63. The average Bonchev–Trinajstić information content (AvgIpc) is 2.61. The number of aryl methyl sites for hydroxylation is 1. The number of nitrogens with zero attached hydrogens (tertiary/aromatic N) is 4. The molecule has 0 amide bonds. The summed E-state index contributed by atoms with van der Waals surface area (Å²) in [7, 11) is 1.81. The lowest BCUT2D eigenvalue weighted by molar-refractivity contribution is 0.650. The molecule has 0 bridgehead atoms. The van der Waals surface area contributed by atoms with Gasteiger partial charge in [-0.2, -0.15) is 5.10 Å². The first-order chi connectivity index (χ1) is 7.58. The quantitative estimate of drug-likeness (QED) is 0.864. The summed E-state index contributed by atoms with van der Waals surface area (Å²) in [6, 6.07) is 0. The number of aromatic nitrogens is 4. The molecule has 0 saturated carbocycles. The van der Waals surface area contributed by atoms with Gasteiger partial charge in [0.25, 0.3) is 0 Å². The normalized spacial score (nSPS) is 10.6. The van der Waals surface area contributed by atoms with Gasteiger partial charge in [0, 0.05) is 19.4 Å². The third-order valence-corrected chi connectivity index (χ3v) is 2.76. The predicted octanol–water partition coefficient (Wildman–Crippen LogP) is 0.370. The van der Waals surface area contributed by atoms with Gasteiger partial charge in [0.15, 0.2) is 0 Å². The molecule has 2 N–H and O–H groups in total. The van der Waals surface area contributed by atoms with Crippen molar-refractivity contribution in [1.82, 2.24) is 19.3 Å². The zero-order chi connectivity index (χ0) is 11.7. The molecule has 0 spiro atoms. The molecule has 2 rings (SSSR count). The summed E-state index contributed by atoms with van der Waals surface area (Å²) < 4.78 is 3.89. The van der Waals surface area contributed by atoms with Gasteiger partial charge in [-0.1, -0.05) is 0 Å². The van der Waals surface area contributed by atoms with Gasteiger partial charge in [0.2, 0.25) is 5.43 Å². The molecule has 0 aromatic carbocycles. The van der Waals surface area contributed by atoms with Crippen molar-refractivity contribution in [3.05, 3.63) is 39.2 Å². The second kappa shape index (κ2) is 4.09. The highest BCUT2D eigenvalue weighted by atomic mass is 79.9. The van der Waals surface area contributed by atoms with Crippen molar-refractivity contribution in [2.24, 2.45) is 7.05 Å². The summed E-state index contributed by atoms with van der Waals surface area (Å²) in [5, 5.41) is 3.96. The van der Waals surface area contributed by atoms with E-state index in [0.717, 1.165) is 5.82 Å². The highest BCUT2D eigenvalue weighted by molar-refractivity contribution is 9.10. The molecule has 6 nitrogen and oxygen atoms in total. The lowest BCUT2D eigenvalue weighted by Gasteiger charge is -2.07. The van der Waals surface area contributed by atoms with Crippen LogP contribution in [0.15, 0.2) is 28.0 Å². The SMILES string of the molecule is Cn1ncnc1Cn1cc(N)c(=O)c(Br)c1. The second-order valence-corrected chi connectivity index (χ2v) is 4.22. The molecule has 16 heavy (non-hydrogen) atoms. The Balaban J connectivity index is 2.36. The van der Waals surface area contributed by atoms with Gasteiger partial charge in [-0.25, -0.2) is 4.98 Å². The van der Waals surface area contributed by atoms with Crippen LogP contribution in [0.3, 0.4) is 0 Å². The average molecular weight is 284 g/mol. The molecule has 0 radical (unpaired) electrons. The number of hydrogen-bond donors (Lipinski definition) is 1. The minimum Gasteiger partial charge on any atom is -0.394 e. The van der Waals surface area contributed by atoms with Crippen LogP contribution in [0.4, 0.5) is 5.69 Å². The van der Waals surface area contributed by atoms with Crippen LogP contribution >= 0.6 is 15.9 Å². The van der Waals surface area contributed by atoms with E-state index in [-0.39, 0.29) is 11.1 Å². The van der Waals surface area contributed by atoms with Crippen LogP contribution < -0.4 is 11.2 Å². The first-order valence-electron chi connectivity index (χ1n) is 4.56. The van der Waals surface area contributed by atoms with Gasteiger partial charge in [0.05, 0.1) is 16.7 Å². The van der Waals surface area contributed by atoms with Gasteiger partial charge in [-0.15, -0.1) is 0 Å². The Kier molecular flexibility index (Phi) is 2.78. The van der Waals surface area contributed by atoms with Crippen molar-refractivity contribution in [2.45, 2.75) is 6.54 Å². The molecule has 2 aromatic rings. The van der Waals surface area contributed by atoms with Crippen molar-refractivity contribution in [2.75, 3.05) is 5.73 Å². The van der Waals surface area contributed by atoms with Gasteiger partial charge in [-0.05, 0) is 15.9 Å². The Bertz CT molecular complexity index is 547. The van der Waals surface area contributed by atoms with Crippen molar-refractivity contribution in [3.63, 3.8) is 0 Å². The van der Waals surface area contributed by atoms with Crippen LogP contribution in [0.5, 0.6) is 0 Å². The van der Waals surface area contributed by atoms with Crippen molar-refractivity contribution in [1.29, 1.82) is 0 Å². The fourth-order valence-corrected chi connectivity index (χ4v) is 1.83. The van der Waals surface area contributed by atoms with Crippen LogP contribution in [-0.4, -0.2) is 19.3 Å². The molecule has 84 valence electrons. The van der Waals surface area contributed by atoms with E-state index >= 15 is 0 Å². The van der Waals surface area contributed by atoms with E-state index in [0.29, 0.717) is 11.0 Å². The Labute approximate surface area is 99.8 Å². The topological polar surface area (TPSA) is 78.7 Å². The first-order valence-corrected chi connectivity index (χ1v) is 5.35. The van der Waals surface area contributed by atoms with E-state index in [2.05, 4.69) is 26.0 Å². The Morgan fingerprint density at radius 2 is 2.25 bits per heavy atom. The smallest absolute Gasteiger partial charge is 0.218 e. The van der Waals surface area contributed by atoms with Gasteiger partial charge in [-0.3, -0.25) is 9.48 Å². The fourth-order valence-electron chi connectivity index (χ4n) is 1.33. The van der Waals surface area contributed by atoms with E-state index in [1.54, 1.807) is 21.6 Å². The van der Waals surface area contributed by atoms with E-state index in [9.17, 15) is 4.79 Å². The molecular weight excluding hydrogens is 274 g/mol. The van der Waals surface area contributed by atoms with Crippen molar-refractivity contribution in [3.8, 4) is 0 Å². The first kappa shape index (κ1) is 10.9. The van der Waals surface area contributed by atoms with E-state index < -0.39 is 0 Å². The molecule has 0 fully saturated rings. The molecule has 2 aromatic heterocycles. The fraction of sp³-hybridized carbons (Fsp3) is 0.222. The minimum atomic E-state index is -0.200. The number of nitrogens with two attached hydrogens (primary N) is 1. The molecule has 0 aliphatic rings. The Morgan fingerprint density at radius 1 is 1.50 bits per heavy atom. The number of rotatable bonds is 2. The molecule has 7 heteroatoms. The van der Waals surface area contributed by atoms with Gasteiger partial charge < -0.3 is 10.3 Å². The minimum absolute atomic E-state index is 0.200. The summed E-state index contributed by atoms with van der Waals surface area (Å²) in [6.45, 7) is 0.513. The number of hydrogen-bond acceptors (Lipinski definition) is 4. The zero-order valence-electron chi connectivity index (χ0n) is 8.59. The van der Waals surface area contributed by atoms with Crippen LogP contribution in [0.25, 0.3) is 0 Å². The molecule has 2 heterocycles. The highest BCUT2D eigenvalue weighted by Crippen LogP contribution is 2.07. The Morgan fingerprint density at radius 3 is 2.81 bits per heavy atom. The zero-order valence-corrected chi connectivity index (χ0v) is 10.2. The second-order valence-electron chi connectivity index (χ2n) is 3.36. The largest absolute Gasteiger partial charge is 0.394 e. The molecule has 0 saturated heterocycles. The van der Waals surface area contributed by atoms with Gasteiger partial charge >= 0.3 is 0 Å². The number of nitrogen functional groups attached to an aromatic ring is 1. The van der Waals surface area contributed by atoms with Crippen LogP contribution in [0.2, 0.25) is 0 Å². The van der Waals surface area contributed by atoms with E-state index in [4.69, 9.17) is 5.73 Å². The predicted molar refractivity (Wildman–Crippen MR) is 62.9 cm³/mol. The van der Waals surface area contributed by atoms with E-state index in [1.807, 2.05) is 7.05 Å². The third-order valence-electron chi connectivity index (χ3n) is 2.19. The highest BCUT2D eigenvalue weighted by Gasteiger charge is 2.05. The number of pyridine rings is 1. The van der Waals surface area contributed by atoms with Crippen molar-refractivity contribution >= 4 is 21.6 Å². The molecule has 0 aliphatic heterocycles. The van der Waals surface area contributed by atoms with Crippen LogP contribution in [0.1, 0.15) is 5.82 Å². The summed E-state index contributed by atoms with van der Waals surface area (Å²) in [6.07, 6.45) is 4.74. The van der Waals surface area contributed by atoms with E-state index in [1.165, 1.54) is 6.33 Å². The van der Waals surface area contributed by atoms with Crippen molar-refractivity contribution < 1.29 is 0 Å². The number of halogens is 1. The maximum atomic E-state index is 11.4. The molecule has 0 atom stereocenters. The number of anilines is 1. The van der Waals surface area contributed by atoms with Crippen LogP contribution in [-0.2, 0) is 13.6 Å². The van der Waals surface area contributed by atoms with Gasteiger partial charge in [0.1, 0.15) is 12.2 Å². The lowest BCUT2D eigenvalue weighted by atomic mass is 10.4. The van der Waals surface area contributed by atoms with Crippen LogP contribution in [0, 0.1) is 0 Å². The summed E-state index contributed by atoms with van der Waals surface area (Å²) in [4.78, 5) is 15.5. The maximum absolute atomic E-state index is 11.4. The monoisotopic (exact) mass is 283 g/mol. The standard InChI is InChI=1S/C9H10BrN5O/c1-14-8(12-5-13-14)4-15-2-6(10)9(16)7(11)3-15/h2-3,5H,4,11H2,1H3. The maximum Gasteiger partial charge on any atom is 0.218 e. The molecule has 0 aliphatic carbocycles. The molecule has 0 unspecified atom stereocenters. The summed E-state index contributed by atoms with van der Waals surface area (Å²) in [5.74, 6) is 0.787.